The molecular formula is C15H17IN2. The summed E-state index contributed by atoms with van der Waals surface area (Å²) in [6.07, 6.45) is 0.900. The Balaban J connectivity index is 2.26. The van der Waals surface area contributed by atoms with E-state index in [0.29, 0.717) is 0 Å². The molecule has 2 rings (SSSR count). The van der Waals surface area contributed by atoms with Gasteiger partial charge in [-0.3, -0.25) is 11.3 Å². The lowest BCUT2D eigenvalue weighted by Crippen LogP contribution is -2.30. The van der Waals surface area contributed by atoms with Gasteiger partial charge in [0.1, 0.15) is 0 Å². The summed E-state index contributed by atoms with van der Waals surface area (Å²) in [5.74, 6) is 5.72. The smallest absolute Gasteiger partial charge is 0.0510 e. The van der Waals surface area contributed by atoms with E-state index in [4.69, 9.17) is 5.84 Å². The number of hydrogen-bond acceptors (Lipinski definition) is 2. The van der Waals surface area contributed by atoms with Gasteiger partial charge >= 0.3 is 0 Å². The summed E-state index contributed by atoms with van der Waals surface area (Å²) in [4.78, 5) is 0. The van der Waals surface area contributed by atoms with E-state index in [1.807, 2.05) is 6.07 Å². The van der Waals surface area contributed by atoms with Crippen LogP contribution in [-0.4, -0.2) is 0 Å². The summed E-state index contributed by atoms with van der Waals surface area (Å²) >= 11 is 2.39. The molecule has 18 heavy (non-hydrogen) atoms. The summed E-state index contributed by atoms with van der Waals surface area (Å²) in [5.41, 5.74) is 6.78. The molecule has 0 amide bonds. The van der Waals surface area contributed by atoms with Gasteiger partial charge in [0.05, 0.1) is 6.04 Å². The fraction of sp³-hybridized carbons (Fsp3) is 0.200. The summed E-state index contributed by atoms with van der Waals surface area (Å²) < 4.78 is 1.29. The predicted octanol–water partition coefficient (Wildman–Crippen LogP) is 3.35. The van der Waals surface area contributed by atoms with E-state index in [1.165, 1.54) is 20.3 Å². The molecule has 0 fully saturated rings. The molecule has 0 saturated carbocycles. The Kier molecular flexibility index (Phi) is 4.74. The molecule has 0 saturated heterocycles. The van der Waals surface area contributed by atoms with Crippen molar-refractivity contribution in [2.24, 2.45) is 5.84 Å². The third kappa shape index (κ3) is 3.10. The number of aryl methyl sites for hydroxylation is 1. The molecule has 2 aromatic carbocycles. The van der Waals surface area contributed by atoms with Crippen LogP contribution in [0.5, 0.6) is 0 Å². The maximum absolute atomic E-state index is 5.72. The molecule has 94 valence electrons. The SMILES string of the molecule is Cc1cccc(C(Cc2ccccc2)NN)c1I. The molecule has 2 nitrogen and oxygen atoms in total. The summed E-state index contributed by atoms with van der Waals surface area (Å²) in [6.45, 7) is 2.13. The van der Waals surface area contributed by atoms with Gasteiger partial charge in [-0.1, -0.05) is 48.5 Å². The highest BCUT2D eigenvalue weighted by molar-refractivity contribution is 14.1. The van der Waals surface area contributed by atoms with Crippen molar-refractivity contribution in [3.8, 4) is 0 Å². The molecule has 0 aliphatic rings. The lowest BCUT2D eigenvalue weighted by molar-refractivity contribution is 0.549. The first kappa shape index (κ1) is 13.5. The van der Waals surface area contributed by atoms with E-state index >= 15 is 0 Å². The van der Waals surface area contributed by atoms with Crippen LogP contribution in [0, 0.1) is 10.5 Å². The average molecular weight is 352 g/mol. The number of benzene rings is 2. The molecule has 3 N–H and O–H groups in total. The zero-order chi connectivity index (χ0) is 13.0. The van der Waals surface area contributed by atoms with Crippen LogP contribution in [0.2, 0.25) is 0 Å². The second-order valence-corrected chi connectivity index (χ2v) is 5.47. The van der Waals surface area contributed by atoms with Crippen LogP contribution in [0.15, 0.2) is 48.5 Å². The van der Waals surface area contributed by atoms with Crippen LogP contribution in [0.1, 0.15) is 22.7 Å². The Morgan fingerprint density at radius 1 is 1.11 bits per heavy atom. The highest BCUT2D eigenvalue weighted by Crippen LogP contribution is 2.25. The maximum Gasteiger partial charge on any atom is 0.0510 e. The lowest BCUT2D eigenvalue weighted by atomic mass is 9.98. The Morgan fingerprint density at radius 3 is 2.50 bits per heavy atom. The van der Waals surface area contributed by atoms with E-state index in [9.17, 15) is 0 Å². The largest absolute Gasteiger partial charge is 0.271 e. The standard InChI is InChI=1S/C15H17IN2/c1-11-6-5-9-13(15(11)16)14(18-17)10-12-7-3-2-4-8-12/h2-9,14,18H,10,17H2,1H3. The maximum atomic E-state index is 5.72. The minimum atomic E-state index is 0.152. The first-order chi connectivity index (χ1) is 8.72. The highest BCUT2D eigenvalue weighted by Gasteiger charge is 2.14. The first-order valence-corrected chi connectivity index (χ1v) is 7.05. The average Bonchev–Trinajstić information content (AvgIpc) is 2.41. The predicted molar refractivity (Wildman–Crippen MR) is 84.1 cm³/mol. The lowest BCUT2D eigenvalue weighted by Gasteiger charge is -2.19. The molecule has 0 radical (unpaired) electrons. The van der Waals surface area contributed by atoms with Gasteiger partial charge in [0, 0.05) is 3.57 Å². The highest BCUT2D eigenvalue weighted by atomic mass is 127. The van der Waals surface area contributed by atoms with Crippen LogP contribution in [0.25, 0.3) is 0 Å². The van der Waals surface area contributed by atoms with Gasteiger partial charge in [-0.05, 0) is 52.6 Å². The summed E-state index contributed by atoms with van der Waals surface area (Å²) in [7, 11) is 0. The normalized spacial score (nSPS) is 12.4. The third-order valence-corrected chi connectivity index (χ3v) is 4.55. The van der Waals surface area contributed by atoms with Crippen LogP contribution in [0.4, 0.5) is 0 Å². The quantitative estimate of drug-likeness (QED) is 0.503. The third-order valence-electron chi connectivity index (χ3n) is 3.08. The van der Waals surface area contributed by atoms with Gasteiger partial charge in [-0.25, -0.2) is 0 Å². The van der Waals surface area contributed by atoms with Crippen molar-refractivity contribution < 1.29 is 0 Å². The minimum absolute atomic E-state index is 0.152. The summed E-state index contributed by atoms with van der Waals surface area (Å²) in [5, 5.41) is 0. The fourth-order valence-electron chi connectivity index (χ4n) is 2.05. The molecular weight excluding hydrogens is 335 g/mol. The zero-order valence-electron chi connectivity index (χ0n) is 10.4. The van der Waals surface area contributed by atoms with Crippen molar-refractivity contribution in [3.63, 3.8) is 0 Å². The second-order valence-electron chi connectivity index (χ2n) is 4.39. The number of nitrogens with two attached hydrogens (primary N) is 1. The molecule has 2 aromatic rings. The van der Waals surface area contributed by atoms with Gasteiger partial charge in [-0.15, -0.1) is 0 Å². The fourth-order valence-corrected chi connectivity index (χ4v) is 2.78. The molecule has 0 aliphatic heterocycles. The van der Waals surface area contributed by atoms with Gasteiger partial charge in [-0.2, -0.15) is 0 Å². The number of hydrogen-bond donors (Lipinski definition) is 2. The Bertz CT molecular complexity index is 511. The summed E-state index contributed by atoms with van der Waals surface area (Å²) in [6, 6.07) is 16.9. The molecule has 1 unspecified atom stereocenters. The van der Waals surface area contributed by atoms with Crippen molar-refractivity contribution >= 4 is 22.6 Å². The number of nitrogens with one attached hydrogen (secondary N) is 1. The van der Waals surface area contributed by atoms with Gasteiger partial charge in [0.2, 0.25) is 0 Å². The van der Waals surface area contributed by atoms with Crippen LogP contribution in [0.3, 0.4) is 0 Å². The van der Waals surface area contributed by atoms with E-state index in [0.717, 1.165) is 6.42 Å². The minimum Gasteiger partial charge on any atom is -0.271 e. The Hall–Kier alpha value is -0.910. The molecule has 0 spiro atoms. The first-order valence-electron chi connectivity index (χ1n) is 5.97. The molecule has 0 bridgehead atoms. The van der Waals surface area contributed by atoms with Gasteiger partial charge in [0.25, 0.3) is 0 Å². The van der Waals surface area contributed by atoms with Crippen LogP contribution in [-0.2, 0) is 6.42 Å². The molecule has 0 aromatic heterocycles. The van der Waals surface area contributed by atoms with E-state index in [2.05, 4.69) is 77.4 Å². The second kappa shape index (κ2) is 6.31. The zero-order valence-corrected chi connectivity index (χ0v) is 12.5. The Morgan fingerprint density at radius 2 is 1.83 bits per heavy atom. The van der Waals surface area contributed by atoms with Crippen molar-refractivity contribution in [2.75, 3.05) is 0 Å². The number of hydrazine groups is 1. The van der Waals surface area contributed by atoms with Crippen LogP contribution < -0.4 is 11.3 Å². The monoisotopic (exact) mass is 352 g/mol. The van der Waals surface area contributed by atoms with Crippen molar-refractivity contribution in [1.29, 1.82) is 0 Å². The molecule has 0 aliphatic carbocycles. The van der Waals surface area contributed by atoms with Crippen molar-refractivity contribution in [3.05, 3.63) is 68.8 Å². The number of halogens is 1. The molecule has 0 heterocycles. The molecule has 1 atom stereocenters. The molecule has 3 heteroatoms. The van der Waals surface area contributed by atoms with Gasteiger partial charge < -0.3 is 0 Å². The van der Waals surface area contributed by atoms with E-state index < -0.39 is 0 Å². The topological polar surface area (TPSA) is 38.0 Å². The van der Waals surface area contributed by atoms with E-state index in [1.54, 1.807) is 0 Å². The Labute approximate surface area is 122 Å². The van der Waals surface area contributed by atoms with Gasteiger partial charge in [0.15, 0.2) is 0 Å². The van der Waals surface area contributed by atoms with Crippen LogP contribution >= 0.6 is 22.6 Å². The number of rotatable bonds is 4. The van der Waals surface area contributed by atoms with Crippen molar-refractivity contribution in [1.82, 2.24) is 5.43 Å². The van der Waals surface area contributed by atoms with Crippen molar-refractivity contribution in [2.45, 2.75) is 19.4 Å². The van der Waals surface area contributed by atoms with E-state index in [-0.39, 0.29) is 6.04 Å².